The van der Waals surface area contributed by atoms with E-state index in [2.05, 4.69) is 0 Å². The Kier molecular flexibility index (Phi) is 4.78. The molecular weight excluding hydrogens is 256 g/mol. The number of carbonyl (C=O) groups excluding carboxylic acids is 1. The molecule has 0 aromatic rings. The van der Waals surface area contributed by atoms with Gasteiger partial charge < -0.3 is 4.74 Å². The average molecular weight is 278 g/mol. The fraction of sp³-hybridized carbons (Fsp3) is 0.917. The highest BCUT2D eigenvalue weighted by molar-refractivity contribution is 7.86. The maximum Gasteiger partial charge on any atom is 0.309 e. The molecule has 0 saturated heterocycles. The van der Waals surface area contributed by atoms with E-state index in [1.165, 1.54) is 0 Å². The van der Waals surface area contributed by atoms with E-state index < -0.39 is 10.1 Å². The van der Waals surface area contributed by atoms with Gasteiger partial charge in [-0.1, -0.05) is 20.8 Å². The van der Waals surface area contributed by atoms with Crippen LogP contribution in [0.3, 0.4) is 0 Å². The van der Waals surface area contributed by atoms with Gasteiger partial charge in [-0.3, -0.25) is 8.98 Å². The van der Waals surface area contributed by atoms with Gasteiger partial charge in [0.25, 0.3) is 10.1 Å². The van der Waals surface area contributed by atoms with Crippen molar-refractivity contribution in [2.24, 2.45) is 17.3 Å². The van der Waals surface area contributed by atoms with Crippen molar-refractivity contribution in [3.8, 4) is 0 Å². The van der Waals surface area contributed by atoms with Crippen LogP contribution in [0.25, 0.3) is 0 Å². The Balaban J connectivity index is 2.33. The van der Waals surface area contributed by atoms with Crippen molar-refractivity contribution < 1.29 is 22.1 Å². The summed E-state index contributed by atoms with van der Waals surface area (Å²) in [6.45, 7) is 7.71. The fourth-order valence-corrected chi connectivity index (χ4v) is 3.26. The topological polar surface area (TPSA) is 69.7 Å². The van der Waals surface area contributed by atoms with E-state index in [4.69, 9.17) is 8.92 Å². The maximum atomic E-state index is 11.6. The highest BCUT2D eigenvalue weighted by Gasteiger charge is 2.45. The molecular formula is C12H22O5S. The zero-order valence-corrected chi connectivity index (χ0v) is 12.2. The third-order valence-corrected chi connectivity index (χ3v) is 4.30. The van der Waals surface area contributed by atoms with Crippen molar-refractivity contribution in [1.82, 2.24) is 0 Å². The van der Waals surface area contributed by atoms with Crippen LogP contribution in [0, 0.1) is 17.3 Å². The number of carbonyl (C=O) groups is 1. The third kappa shape index (κ3) is 5.35. The molecule has 0 aromatic heterocycles. The molecule has 5 nitrogen and oxygen atoms in total. The first kappa shape index (κ1) is 15.4. The molecule has 1 aliphatic carbocycles. The monoisotopic (exact) mass is 278 g/mol. The van der Waals surface area contributed by atoms with E-state index in [0.717, 1.165) is 0 Å². The molecule has 1 aliphatic rings. The maximum absolute atomic E-state index is 11.6. The van der Waals surface area contributed by atoms with Gasteiger partial charge in [0, 0.05) is 0 Å². The summed E-state index contributed by atoms with van der Waals surface area (Å²) in [6, 6.07) is 0. The molecule has 1 saturated carbocycles. The minimum atomic E-state index is -3.51. The van der Waals surface area contributed by atoms with Crippen LogP contribution in [-0.4, -0.2) is 33.4 Å². The Labute approximate surface area is 109 Å². The zero-order valence-electron chi connectivity index (χ0n) is 11.4. The van der Waals surface area contributed by atoms with Gasteiger partial charge in [-0.15, -0.1) is 0 Å². The predicted molar refractivity (Wildman–Crippen MR) is 67.4 cm³/mol. The molecule has 6 heteroatoms. The Bertz CT molecular complexity index is 393. The van der Waals surface area contributed by atoms with E-state index in [9.17, 15) is 13.2 Å². The molecule has 1 rings (SSSR count). The van der Waals surface area contributed by atoms with Gasteiger partial charge in [0.05, 0.1) is 24.9 Å². The van der Waals surface area contributed by atoms with E-state index in [1.807, 2.05) is 20.8 Å². The van der Waals surface area contributed by atoms with Gasteiger partial charge in [0.1, 0.15) is 0 Å². The van der Waals surface area contributed by atoms with Crippen LogP contribution in [0.5, 0.6) is 0 Å². The molecule has 0 radical (unpaired) electrons. The van der Waals surface area contributed by atoms with Crippen LogP contribution < -0.4 is 0 Å². The summed E-state index contributed by atoms with van der Waals surface area (Å²) >= 11 is 0. The summed E-state index contributed by atoms with van der Waals surface area (Å²) in [6.07, 6.45) is 0.657. The number of ether oxygens (including phenoxy) is 1. The highest BCUT2D eigenvalue weighted by atomic mass is 32.2. The molecule has 0 aromatic carbocycles. The third-order valence-electron chi connectivity index (χ3n) is 2.58. The summed E-state index contributed by atoms with van der Waals surface area (Å²) in [7, 11) is -3.51. The standard InChI is InChI=1S/C12H22O5S/c1-5-16-11(13)10-6-9(10)7-17-18(14,15)8-12(2,3)4/h9-10H,5-8H2,1-4H3/t9-,10+/m1/s1. The first-order valence-corrected chi connectivity index (χ1v) is 7.76. The van der Waals surface area contributed by atoms with Gasteiger partial charge in [-0.2, -0.15) is 8.42 Å². The number of rotatable bonds is 6. The van der Waals surface area contributed by atoms with Crippen LogP contribution in [-0.2, 0) is 23.8 Å². The van der Waals surface area contributed by atoms with Crippen molar-refractivity contribution in [3.05, 3.63) is 0 Å². The number of hydrogen-bond acceptors (Lipinski definition) is 5. The minimum absolute atomic E-state index is 0.0150. The Hall–Kier alpha value is -0.620. The van der Waals surface area contributed by atoms with Crippen LogP contribution in [0.1, 0.15) is 34.1 Å². The molecule has 0 spiro atoms. The smallest absolute Gasteiger partial charge is 0.309 e. The van der Waals surface area contributed by atoms with Gasteiger partial charge in [0.15, 0.2) is 0 Å². The SMILES string of the molecule is CCOC(=O)[C@H]1C[C@@H]1COS(=O)(=O)CC(C)(C)C. The van der Waals surface area contributed by atoms with E-state index in [-0.39, 0.29) is 35.6 Å². The molecule has 0 amide bonds. The molecule has 0 heterocycles. The Morgan fingerprint density at radius 3 is 2.44 bits per heavy atom. The lowest BCUT2D eigenvalue weighted by Crippen LogP contribution is -2.23. The quantitative estimate of drug-likeness (QED) is 0.545. The second kappa shape index (κ2) is 5.57. The van der Waals surface area contributed by atoms with Crippen molar-refractivity contribution >= 4 is 16.1 Å². The van der Waals surface area contributed by atoms with Gasteiger partial charge in [0.2, 0.25) is 0 Å². The second-order valence-corrected chi connectivity index (χ2v) is 7.54. The summed E-state index contributed by atoms with van der Waals surface area (Å²) < 4.78 is 33.1. The molecule has 1 fully saturated rings. The van der Waals surface area contributed by atoms with Gasteiger partial charge in [-0.05, 0) is 24.7 Å². The van der Waals surface area contributed by atoms with E-state index in [0.29, 0.717) is 13.0 Å². The summed E-state index contributed by atoms with van der Waals surface area (Å²) in [5.74, 6) is -0.468. The average Bonchev–Trinajstić information content (AvgIpc) is 2.90. The lowest BCUT2D eigenvalue weighted by Gasteiger charge is -2.17. The summed E-state index contributed by atoms with van der Waals surface area (Å²) in [5.41, 5.74) is -0.330. The zero-order chi connectivity index (χ0) is 14.0. The molecule has 0 unspecified atom stereocenters. The molecule has 0 aliphatic heterocycles. The Morgan fingerprint density at radius 1 is 1.33 bits per heavy atom. The van der Waals surface area contributed by atoms with Gasteiger partial charge in [-0.25, -0.2) is 0 Å². The minimum Gasteiger partial charge on any atom is -0.466 e. The van der Waals surface area contributed by atoms with E-state index >= 15 is 0 Å². The first-order chi connectivity index (χ1) is 8.14. The first-order valence-electron chi connectivity index (χ1n) is 6.18. The highest BCUT2D eigenvalue weighted by Crippen LogP contribution is 2.40. The molecule has 106 valence electrons. The van der Waals surface area contributed by atoms with Crippen LogP contribution in [0.4, 0.5) is 0 Å². The molecule has 0 N–H and O–H groups in total. The van der Waals surface area contributed by atoms with Crippen molar-refractivity contribution in [2.75, 3.05) is 19.0 Å². The van der Waals surface area contributed by atoms with Crippen LogP contribution in [0.15, 0.2) is 0 Å². The summed E-state index contributed by atoms with van der Waals surface area (Å²) in [5, 5.41) is 0. The summed E-state index contributed by atoms with van der Waals surface area (Å²) in [4.78, 5) is 11.3. The second-order valence-electron chi connectivity index (χ2n) is 5.90. The largest absolute Gasteiger partial charge is 0.466 e. The van der Waals surface area contributed by atoms with Crippen molar-refractivity contribution in [2.45, 2.75) is 34.1 Å². The van der Waals surface area contributed by atoms with Crippen LogP contribution >= 0.6 is 0 Å². The normalized spacial score (nSPS) is 23.8. The predicted octanol–water partition coefficient (Wildman–Crippen LogP) is 1.58. The number of esters is 1. The van der Waals surface area contributed by atoms with Gasteiger partial charge >= 0.3 is 5.97 Å². The number of hydrogen-bond donors (Lipinski definition) is 0. The Morgan fingerprint density at radius 2 is 1.94 bits per heavy atom. The molecule has 2 atom stereocenters. The lowest BCUT2D eigenvalue weighted by molar-refractivity contribution is -0.145. The van der Waals surface area contributed by atoms with Crippen molar-refractivity contribution in [1.29, 1.82) is 0 Å². The molecule has 18 heavy (non-hydrogen) atoms. The van der Waals surface area contributed by atoms with E-state index in [1.54, 1.807) is 6.92 Å². The van der Waals surface area contributed by atoms with Crippen LogP contribution in [0.2, 0.25) is 0 Å². The fourth-order valence-electron chi connectivity index (χ4n) is 1.73. The lowest BCUT2D eigenvalue weighted by atomic mass is 10.0. The van der Waals surface area contributed by atoms with Crippen molar-refractivity contribution in [3.63, 3.8) is 0 Å². The molecule has 0 bridgehead atoms.